The molecule has 1 aromatic carbocycles. The van der Waals surface area contributed by atoms with E-state index in [2.05, 4.69) is 21.2 Å². The second-order valence-electron chi connectivity index (χ2n) is 5.35. The summed E-state index contributed by atoms with van der Waals surface area (Å²) in [4.78, 5) is 12.0. The van der Waals surface area contributed by atoms with Gasteiger partial charge in [0.25, 0.3) is 0 Å². The van der Waals surface area contributed by atoms with Crippen molar-refractivity contribution in [1.29, 1.82) is 0 Å². The third kappa shape index (κ3) is 3.72. The van der Waals surface area contributed by atoms with Crippen molar-refractivity contribution in [2.75, 3.05) is 5.32 Å². The summed E-state index contributed by atoms with van der Waals surface area (Å²) in [5.41, 5.74) is 6.08. The van der Waals surface area contributed by atoms with Crippen molar-refractivity contribution in [2.45, 2.75) is 50.5 Å². The van der Waals surface area contributed by atoms with Crippen LogP contribution in [0.25, 0.3) is 0 Å². The zero-order valence-corrected chi connectivity index (χ0v) is 12.7. The molecule has 0 aliphatic heterocycles. The third-order valence-corrected chi connectivity index (χ3v) is 4.44. The highest BCUT2D eigenvalue weighted by Gasteiger charge is 2.36. The molecule has 104 valence electrons. The normalized spacial score (nSPS) is 19.2. The Morgan fingerprint density at radius 3 is 2.11 bits per heavy atom. The van der Waals surface area contributed by atoms with Crippen LogP contribution in [0.3, 0.4) is 0 Å². The van der Waals surface area contributed by atoms with Crippen molar-refractivity contribution in [2.24, 2.45) is 5.73 Å². The molecule has 3 N–H and O–H groups in total. The van der Waals surface area contributed by atoms with E-state index in [1.807, 2.05) is 24.3 Å². The van der Waals surface area contributed by atoms with Gasteiger partial charge in [-0.1, -0.05) is 48.0 Å². The van der Waals surface area contributed by atoms with Crippen molar-refractivity contribution < 1.29 is 4.79 Å². The summed E-state index contributed by atoms with van der Waals surface area (Å²) in [5, 5.41) is 3.39. The number of rotatable bonds is 3. The summed E-state index contributed by atoms with van der Waals surface area (Å²) in [6.07, 6.45) is 7.44. The quantitative estimate of drug-likeness (QED) is 0.887. The number of hydrogen-bond donors (Lipinski definition) is 2. The van der Waals surface area contributed by atoms with Gasteiger partial charge in [0.2, 0.25) is 5.91 Å². The molecule has 1 aliphatic rings. The maximum atomic E-state index is 12.0. The van der Waals surface area contributed by atoms with Crippen LogP contribution < -0.4 is 11.1 Å². The summed E-state index contributed by atoms with van der Waals surface area (Å²) >= 11 is 3.42. The molecular weight excluding hydrogens is 304 g/mol. The Bertz CT molecular complexity index is 422. The van der Waals surface area contributed by atoms with Gasteiger partial charge in [-0.25, -0.2) is 0 Å². The van der Waals surface area contributed by atoms with E-state index in [9.17, 15) is 4.79 Å². The Kier molecular flexibility index (Phi) is 4.86. The zero-order chi connectivity index (χ0) is 13.7. The fourth-order valence-corrected chi connectivity index (χ4v) is 3.02. The molecule has 0 radical (unpaired) electrons. The Morgan fingerprint density at radius 1 is 1.05 bits per heavy atom. The molecule has 3 nitrogen and oxygen atoms in total. The number of anilines is 1. The third-order valence-electron chi connectivity index (χ3n) is 3.91. The van der Waals surface area contributed by atoms with Crippen LogP contribution in [0.15, 0.2) is 28.7 Å². The summed E-state index contributed by atoms with van der Waals surface area (Å²) in [6, 6.07) is 7.90. The number of carbonyl (C=O) groups is 1. The standard InChI is InChI=1S/C15H21BrN2O/c16-12-6-8-13(9-7-12)18-15(14(17)19)10-4-2-1-3-5-11-15/h6-9,18H,1-5,10-11H2,(H2,17,19). The molecule has 1 fully saturated rings. The number of amides is 1. The first kappa shape index (κ1) is 14.4. The van der Waals surface area contributed by atoms with E-state index in [-0.39, 0.29) is 5.91 Å². The van der Waals surface area contributed by atoms with Crippen LogP contribution in [0.4, 0.5) is 5.69 Å². The van der Waals surface area contributed by atoms with Gasteiger partial charge in [-0.05, 0) is 37.1 Å². The molecule has 4 heteroatoms. The lowest BCUT2D eigenvalue weighted by Gasteiger charge is -2.34. The second-order valence-corrected chi connectivity index (χ2v) is 6.26. The number of halogens is 1. The minimum atomic E-state index is -0.575. The van der Waals surface area contributed by atoms with E-state index < -0.39 is 5.54 Å². The Balaban J connectivity index is 2.17. The SMILES string of the molecule is NC(=O)C1(Nc2ccc(Br)cc2)CCCCCCC1. The van der Waals surface area contributed by atoms with Gasteiger partial charge in [0.05, 0.1) is 0 Å². The van der Waals surface area contributed by atoms with E-state index in [0.717, 1.165) is 35.8 Å². The molecule has 2 rings (SSSR count). The first-order valence-corrected chi connectivity index (χ1v) is 7.75. The summed E-state index contributed by atoms with van der Waals surface area (Å²) in [7, 11) is 0. The van der Waals surface area contributed by atoms with Crippen LogP contribution in [0, 0.1) is 0 Å². The minimum absolute atomic E-state index is 0.225. The maximum Gasteiger partial charge on any atom is 0.243 e. The minimum Gasteiger partial charge on any atom is -0.371 e. The molecule has 1 saturated carbocycles. The van der Waals surface area contributed by atoms with Crippen LogP contribution in [-0.4, -0.2) is 11.4 Å². The lowest BCUT2D eigenvalue weighted by molar-refractivity contribution is -0.123. The average Bonchev–Trinajstić information content (AvgIpc) is 2.35. The molecule has 0 unspecified atom stereocenters. The van der Waals surface area contributed by atoms with Gasteiger partial charge in [0.15, 0.2) is 0 Å². The molecule has 19 heavy (non-hydrogen) atoms. The highest BCUT2D eigenvalue weighted by molar-refractivity contribution is 9.10. The van der Waals surface area contributed by atoms with Gasteiger partial charge in [-0.2, -0.15) is 0 Å². The lowest BCUT2D eigenvalue weighted by Crippen LogP contribution is -2.50. The molecule has 0 atom stereocenters. The van der Waals surface area contributed by atoms with E-state index in [4.69, 9.17) is 5.73 Å². The monoisotopic (exact) mass is 324 g/mol. The van der Waals surface area contributed by atoms with Gasteiger partial charge in [0, 0.05) is 10.2 Å². The smallest absolute Gasteiger partial charge is 0.243 e. The van der Waals surface area contributed by atoms with Gasteiger partial charge in [-0.15, -0.1) is 0 Å². The highest BCUT2D eigenvalue weighted by atomic mass is 79.9. The van der Waals surface area contributed by atoms with Crippen LogP contribution in [0.2, 0.25) is 0 Å². The van der Waals surface area contributed by atoms with Gasteiger partial charge in [0.1, 0.15) is 5.54 Å². The first-order valence-electron chi connectivity index (χ1n) is 6.96. The topological polar surface area (TPSA) is 55.1 Å². The average molecular weight is 325 g/mol. The van der Waals surface area contributed by atoms with Crippen LogP contribution >= 0.6 is 15.9 Å². The summed E-state index contributed by atoms with van der Waals surface area (Å²) in [6.45, 7) is 0. The van der Waals surface area contributed by atoms with Crippen LogP contribution in [0.5, 0.6) is 0 Å². The van der Waals surface area contributed by atoms with Crippen molar-refractivity contribution in [1.82, 2.24) is 0 Å². The molecule has 1 amide bonds. The Morgan fingerprint density at radius 2 is 1.58 bits per heavy atom. The Labute approximate surface area is 123 Å². The predicted molar refractivity (Wildman–Crippen MR) is 82.0 cm³/mol. The second kappa shape index (κ2) is 6.42. The largest absolute Gasteiger partial charge is 0.371 e. The molecule has 1 aliphatic carbocycles. The Hall–Kier alpha value is -1.03. The van der Waals surface area contributed by atoms with Crippen molar-refractivity contribution >= 4 is 27.5 Å². The van der Waals surface area contributed by atoms with E-state index in [1.165, 1.54) is 19.3 Å². The van der Waals surface area contributed by atoms with Gasteiger partial charge in [-0.3, -0.25) is 4.79 Å². The van der Waals surface area contributed by atoms with Gasteiger partial charge < -0.3 is 11.1 Å². The van der Waals surface area contributed by atoms with E-state index >= 15 is 0 Å². The van der Waals surface area contributed by atoms with Crippen LogP contribution in [-0.2, 0) is 4.79 Å². The van der Waals surface area contributed by atoms with Gasteiger partial charge >= 0.3 is 0 Å². The number of nitrogens with one attached hydrogen (secondary N) is 1. The van der Waals surface area contributed by atoms with Crippen LogP contribution in [0.1, 0.15) is 44.9 Å². The fraction of sp³-hybridized carbons (Fsp3) is 0.533. The van der Waals surface area contributed by atoms with Crippen molar-refractivity contribution in [3.8, 4) is 0 Å². The molecule has 0 heterocycles. The zero-order valence-electron chi connectivity index (χ0n) is 11.1. The molecule has 0 spiro atoms. The number of benzene rings is 1. The molecular formula is C15H21BrN2O. The summed E-state index contributed by atoms with van der Waals surface area (Å²) in [5.74, 6) is -0.225. The molecule has 0 aromatic heterocycles. The lowest BCUT2D eigenvalue weighted by atomic mass is 9.83. The molecule has 1 aromatic rings. The maximum absolute atomic E-state index is 12.0. The highest BCUT2D eigenvalue weighted by Crippen LogP contribution is 2.30. The van der Waals surface area contributed by atoms with E-state index in [0.29, 0.717) is 0 Å². The number of carbonyl (C=O) groups excluding carboxylic acids is 1. The van der Waals surface area contributed by atoms with E-state index in [1.54, 1.807) is 0 Å². The summed E-state index contributed by atoms with van der Waals surface area (Å²) < 4.78 is 1.03. The molecule has 0 bridgehead atoms. The van der Waals surface area contributed by atoms with Crippen molar-refractivity contribution in [3.05, 3.63) is 28.7 Å². The fourth-order valence-electron chi connectivity index (χ4n) is 2.75. The molecule has 0 saturated heterocycles. The number of primary amides is 1. The predicted octanol–water partition coefficient (Wildman–Crippen LogP) is 3.83. The first-order chi connectivity index (χ1) is 9.12. The number of hydrogen-bond acceptors (Lipinski definition) is 2. The number of nitrogens with two attached hydrogens (primary N) is 1. The van der Waals surface area contributed by atoms with Crippen molar-refractivity contribution in [3.63, 3.8) is 0 Å².